The van der Waals surface area contributed by atoms with Crippen LogP contribution in [0.3, 0.4) is 0 Å². The second-order valence-corrected chi connectivity index (χ2v) is 5.58. The van der Waals surface area contributed by atoms with Gasteiger partial charge in [0.1, 0.15) is 5.76 Å². The molecule has 0 bridgehead atoms. The van der Waals surface area contributed by atoms with E-state index in [1.165, 1.54) is 17.5 Å². The third-order valence-corrected chi connectivity index (χ3v) is 3.72. The van der Waals surface area contributed by atoms with Crippen LogP contribution in [0.15, 0.2) is 35.1 Å². The van der Waals surface area contributed by atoms with Gasteiger partial charge in [0, 0.05) is 13.0 Å². The number of aryl methyl sites for hydroxylation is 2. The minimum atomic E-state index is -0.190. The van der Waals surface area contributed by atoms with Gasteiger partial charge < -0.3 is 14.6 Å². The number of likely N-dealkylation sites (N-methyl/N-ethyl adjacent to an activating group) is 1. The maximum atomic E-state index is 12.2. The number of nitrogens with zero attached hydrogens (tertiary/aromatic N) is 2. The van der Waals surface area contributed by atoms with Crippen molar-refractivity contribution in [2.24, 2.45) is 0 Å². The highest BCUT2D eigenvalue weighted by Crippen LogP contribution is 2.18. The lowest BCUT2D eigenvalue weighted by molar-refractivity contribution is 0.0935. The molecule has 1 unspecified atom stereocenters. The predicted molar refractivity (Wildman–Crippen MR) is 85.8 cm³/mol. The van der Waals surface area contributed by atoms with E-state index >= 15 is 0 Å². The minimum Gasteiger partial charge on any atom is -0.448 e. The molecule has 5 nitrogen and oxygen atoms in total. The van der Waals surface area contributed by atoms with Crippen LogP contribution in [-0.2, 0) is 6.42 Å². The number of carbonyl (C=O) groups is 1. The Hall–Kier alpha value is -2.14. The molecule has 0 saturated carbocycles. The van der Waals surface area contributed by atoms with Crippen LogP contribution in [0.2, 0.25) is 0 Å². The topological polar surface area (TPSA) is 58.4 Å². The predicted octanol–water partition coefficient (Wildman–Crippen LogP) is 2.58. The number of hydrogen-bond donors (Lipinski definition) is 1. The SMILES string of the molecule is CCc1ocnc1C(=O)NCC(c1ccc(C)cc1)N(C)C. The van der Waals surface area contributed by atoms with Gasteiger partial charge >= 0.3 is 0 Å². The van der Waals surface area contributed by atoms with E-state index in [0.717, 1.165) is 0 Å². The lowest BCUT2D eigenvalue weighted by Gasteiger charge is -2.25. The van der Waals surface area contributed by atoms with E-state index in [2.05, 4.69) is 46.4 Å². The highest BCUT2D eigenvalue weighted by Gasteiger charge is 2.19. The van der Waals surface area contributed by atoms with E-state index in [9.17, 15) is 4.79 Å². The van der Waals surface area contributed by atoms with Gasteiger partial charge in [-0.15, -0.1) is 0 Å². The Labute approximate surface area is 131 Å². The maximum Gasteiger partial charge on any atom is 0.273 e. The number of aromatic nitrogens is 1. The highest BCUT2D eigenvalue weighted by atomic mass is 16.3. The first-order valence-corrected chi connectivity index (χ1v) is 7.46. The van der Waals surface area contributed by atoms with Crippen molar-refractivity contribution in [2.75, 3.05) is 20.6 Å². The van der Waals surface area contributed by atoms with E-state index in [-0.39, 0.29) is 11.9 Å². The van der Waals surface area contributed by atoms with Crippen molar-refractivity contribution in [2.45, 2.75) is 26.3 Å². The van der Waals surface area contributed by atoms with Crippen molar-refractivity contribution in [1.29, 1.82) is 0 Å². The fourth-order valence-corrected chi connectivity index (χ4v) is 2.37. The van der Waals surface area contributed by atoms with Crippen LogP contribution in [0, 0.1) is 6.92 Å². The molecule has 0 radical (unpaired) electrons. The van der Waals surface area contributed by atoms with E-state index in [1.54, 1.807) is 0 Å². The molecule has 22 heavy (non-hydrogen) atoms. The van der Waals surface area contributed by atoms with Crippen LogP contribution in [0.25, 0.3) is 0 Å². The summed E-state index contributed by atoms with van der Waals surface area (Å²) >= 11 is 0. The first kappa shape index (κ1) is 16.2. The Kier molecular flexibility index (Phi) is 5.33. The average Bonchev–Trinajstić information content (AvgIpc) is 2.97. The zero-order valence-electron chi connectivity index (χ0n) is 13.6. The van der Waals surface area contributed by atoms with Gasteiger partial charge in [-0.2, -0.15) is 0 Å². The smallest absolute Gasteiger partial charge is 0.273 e. The molecular weight excluding hydrogens is 278 g/mol. The maximum absolute atomic E-state index is 12.2. The van der Waals surface area contributed by atoms with Crippen LogP contribution >= 0.6 is 0 Å². The number of rotatable bonds is 6. The van der Waals surface area contributed by atoms with Gasteiger partial charge in [0.25, 0.3) is 5.91 Å². The molecule has 1 aromatic heterocycles. The minimum absolute atomic E-state index is 0.113. The van der Waals surface area contributed by atoms with Gasteiger partial charge in [0.2, 0.25) is 0 Å². The summed E-state index contributed by atoms with van der Waals surface area (Å²) in [6.07, 6.45) is 1.97. The summed E-state index contributed by atoms with van der Waals surface area (Å²) in [5.41, 5.74) is 2.77. The lowest BCUT2D eigenvalue weighted by Crippen LogP contribution is -2.35. The van der Waals surface area contributed by atoms with Crippen LogP contribution in [0.4, 0.5) is 0 Å². The summed E-state index contributed by atoms with van der Waals surface area (Å²) in [5, 5.41) is 2.95. The zero-order valence-corrected chi connectivity index (χ0v) is 13.6. The zero-order chi connectivity index (χ0) is 16.1. The summed E-state index contributed by atoms with van der Waals surface area (Å²) in [6.45, 7) is 4.52. The summed E-state index contributed by atoms with van der Waals surface area (Å²) in [6, 6.07) is 8.47. The normalized spacial score (nSPS) is 12.4. The van der Waals surface area contributed by atoms with Gasteiger partial charge in [-0.25, -0.2) is 4.98 Å². The van der Waals surface area contributed by atoms with Crippen LogP contribution < -0.4 is 5.32 Å². The van der Waals surface area contributed by atoms with E-state index in [4.69, 9.17) is 4.42 Å². The summed E-state index contributed by atoms with van der Waals surface area (Å²) in [7, 11) is 4.01. The highest BCUT2D eigenvalue weighted by molar-refractivity contribution is 5.93. The molecule has 0 spiro atoms. The molecule has 2 rings (SSSR count). The van der Waals surface area contributed by atoms with Gasteiger partial charge in [-0.1, -0.05) is 36.8 Å². The third-order valence-electron chi connectivity index (χ3n) is 3.72. The fraction of sp³-hybridized carbons (Fsp3) is 0.412. The largest absolute Gasteiger partial charge is 0.448 e. The molecule has 0 fully saturated rings. The monoisotopic (exact) mass is 301 g/mol. The second-order valence-electron chi connectivity index (χ2n) is 5.58. The molecule has 1 amide bonds. The molecular formula is C17H23N3O2. The molecule has 118 valence electrons. The fourth-order valence-electron chi connectivity index (χ4n) is 2.37. The quantitative estimate of drug-likeness (QED) is 0.891. The van der Waals surface area contributed by atoms with Crippen molar-refractivity contribution in [3.05, 3.63) is 53.2 Å². The Morgan fingerprint density at radius 1 is 1.32 bits per heavy atom. The molecule has 0 aliphatic carbocycles. The van der Waals surface area contributed by atoms with Crippen molar-refractivity contribution in [1.82, 2.24) is 15.2 Å². The van der Waals surface area contributed by atoms with Crippen molar-refractivity contribution >= 4 is 5.91 Å². The van der Waals surface area contributed by atoms with Gasteiger partial charge in [0.15, 0.2) is 12.1 Å². The third kappa shape index (κ3) is 3.74. The Balaban J connectivity index is 2.06. The Morgan fingerprint density at radius 2 is 2.00 bits per heavy atom. The molecule has 1 aromatic carbocycles. The van der Waals surface area contributed by atoms with Crippen LogP contribution in [0.1, 0.15) is 40.3 Å². The Bertz CT molecular complexity index is 617. The van der Waals surface area contributed by atoms with Gasteiger partial charge in [-0.05, 0) is 26.6 Å². The molecule has 1 N–H and O–H groups in total. The van der Waals surface area contributed by atoms with E-state index < -0.39 is 0 Å². The van der Waals surface area contributed by atoms with Crippen molar-refractivity contribution < 1.29 is 9.21 Å². The lowest BCUT2D eigenvalue weighted by atomic mass is 10.0. The Morgan fingerprint density at radius 3 is 2.59 bits per heavy atom. The molecule has 2 aromatic rings. The molecule has 1 heterocycles. The molecule has 5 heteroatoms. The van der Waals surface area contributed by atoms with E-state index in [1.807, 2.05) is 21.0 Å². The number of hydrogen-bond acceptors (Lipinski definition) is 4. The average molecular weight is 301 g/mol. The van der Waals surface area contributed by atoms with Crippen LogP contribution in [-0.4, -0.2) is 36.4 Å². The van der Waals surface area contributed by atoms with Crippen molar-refractivity contribution in [3.8, 4) is 0 Å². The summed E-state index contributed by atoms with van der Waals surface area (Å²) in [4.78, 5) is 18.3. The molecule has 0 aliphatic heterocycles. The standard InChI is InChI=1S/C17H23N3O2/c1-5-15-16(19-11-22-15)17(21)18-10-14(20(3)4)13-8-6-12(2)7-9-13/h6-9,11,14H,5,10H2,1-4H3,(H,18,21). The van der Waals surface area contributed by atoms with Crippen LogP contribution in [0.5, 0.6) is 0 Å². The number of carbonyl (C=O) groups excluding carboxylic acids is 1. The first-order chi connectivity index (χ1) is 10.5. The summed E-state index contributed by atoms with van der Waals surface area (Å²) in [5.74, 6) is 0.429. The van der Waals surface area contributed by atoms with Crippen molar-refractivity contribution in [3.63, 3.8) is 0 Å². The summed E-state index contributed by atoms with van der Waals surface area (Å²) < 4.78 is 5.20. The molecule has 0 saturated heterocycles. The number of benzene rings is 1. The first-order valence-electron chi connectivity index (χ1n) is 7.46. The van der Waals surface area contributed by atoms with Gasteiger partial charge in [-0.3, -0.25) is 4.79 Å². The second kappa shape index (κ2) is 7.22. The molecule has 1 atom stereocenters. The molecule has 0 aliphatic rings. The van der Waals surface area contributed by atoms with Gasteiger partial charge in [0.05, 0.1) is 6.04 Å². The number of nitrogens with one attached hydrogen (secondary N) is 1. The van der Waals surface area contributed by atoms with E-state index in [0.29, 0.717) is 24.4 Å². The number of oxazole rings is 1. The number of amides is 1.